The number of aromatic nitrogens is 1. The number of pyridine rings is 1. The van der Waals surface area contributed by atoms with E-state index in [-0.39, 0.29) is 60.8 Å². The van der Waals surface area contributed by atoms with E-state index >= 15 is 0 Å². The molecule has 4 amide bonds. The van der Waals surface area contributed by atoms with E-state index in [1.807, 2.05) is 13.8 Å². The van der Waals surface area contributed by atoms with Crippen molar-refractivity contribution in [3.05, 3.63) is 52.8 Å². The highest BCUT2D eigenvalue weighted by Crippen LogP contribution is 2.39. The average molecular weight is 777 g/mol. The number of hydrogen-bond donors (Lipinski definition) is 2. The average Bonchev–Trinajstić information content (AvgIpc) is 3.31. The maximum Gasteiger partial charge on any atom is 0.258 e. The summed E-state index contributed by atoms with van der Waals surface area (Å²) < 4.78 is 6.35. The van der Waals surface area contributed by atoms with E-state index in [1.165, 1.54) is 0 Å². The van der Waals surface area contributed by atoms with Gasteiger partial charge in [0.15, 0.2) is 5.11 Å². The highest BCUT2D eigenvalue weighted by atomic mass is 35.5. The van der Waals surface area contributed by atoms with Gasteiger partial charge in [-0.2, -0.15) is 5.26 Å². The molecule has 54 heavy (non-hydrogen) atoms. The molecule has 1 unspecified atom stereocenters. The number of carbonyl (C=O) groups is 4. The molecule has 3 atom stereocenters. The lowest BCUT2D eigenvalue weighted by Gasteiger charge is -2.44. The van der Waals surface area contributed by atoms with E-state index in [2.05, 4.69) is 50.2 Å². The molecule has 3 aliphatic heterocycles. The molecule has 2 aromatic rings. The van der Waals surface area contributed by atoms with Gasteiger partial charge in [0.1, 0.15) is 11.6 Å². The number of amides is 4. The Hall–Kier alpha value is -4.00. The topological polar surface area (TPSA) is 151 Å². The predicted molar refractivity (Wildman–Crippen MR) is 209 cm³/mol. The molecule has 288 valence electrons. The van der Waals surface area contributed by atoms with E-state index in [0.717, 1.165) is 51.7 Å². The zero-order valence-electron chi connectivity index (χ0n) is 31.3. The van der Waals surface area contributed by atoms with Crippen LogP contribution in [0.5, 0.6) is 0 Å². The fourth-order valence-electron chi connectivity index (χ4n) is 8.38. The lowest BCUT2D eigenvalue weighted by molar-refractivity contribution is -0.134. The van der Waals surface area contributed by atoms with Gasteiger partial charge >= 0.3 is 0 Å². The van der Waals surface area contributed by atoms with Gasteiger partial charge < -0.3 is 19.9 Å². The fourth-order valence-corrected chi connectivity index (χ4v) is 9.16. The number of anilines is 2. The van der Waals surface area contributed by atoms with E-state index in [0.29, 0.717) is 45.8 Å². The Kier molecular flexibility index (Phi) is 12.3. The van der Waals surface area contributed by atoms with E-state index < -0.39 is 11.5 Å². The standard InChI is InChI=1S/C39H49ClN8O5S/c1-24-21-45(22-25(2)46(24)23-35(50)43-27-7-14-33(42-20-27)31-13-15-34(49)44-36(31)51)16-5-17-53-30-11-9-28(10-12-30)48-38(54)47(37(52)39(48,3)4)29-8-6-26(19-41)32(40)18-29/h6-8,14,18,20,24-25,28,30-31H,5,9-13,15-17,21-23H2,1-4H3,(H,43,50)(H,44,49,51)/t24-,25+,28-,30-,31?. The lowest BCUT2D eigenvalue weighted by atomic mass is 9.89. The number of hydrogen-bond acceptors (Lipinski definition) is 10. The molecule has 6 rings (SSSR count). The van der Waals surface area contributed by atoms with Crippen LogP contribution in [-0.2, 0) is 23.9 Å². The van der Waals surface area contributed by atoms with E-state index in [9.17, 15) is 24.4 Å². The molecule has 1 aliphatic carbocycles. The van der Waals surface area contributed by atoms with Crippen LogP contribution in [0.3, 0.4) is 0 Å². The second kappa shape index (κ2) is 16.8. The minimum Gasteiger partial charge on any atom is -0.378 e. The zero-order valence-corrected chi connectivity index (χ0v) is 32.9. The number of imide groups is 1. The predicted octanol–water partition coefficient (Wildman–Crippen LogP) is 4.59. The Bertz CT molecular complexity index is 1800. The Morgan fingerprint density at radius 2 is 1.81 bits per heavy atom. The van der Waals surface area contributed by atoms with Crippen LogP contribution in [0.4, 0.5) is 11.4 Å². The highest BCUT2D eigenvalue weighted by molar-refractivity contribution is 7.80. The Morgan fingerprint density at radius 1 is 1.09 bits per heavy atom. The van der Waals surface area contributed by atoms with Gasteiger partial charge in [0.25, 0.3) is 5.91 Å². The number of nitriles is 1. The van der Waals surface area contributed by atoms with E-state index in [1.54, 1.807) is 41.4 Å². The molecule has 3 saturated heterocycles. The van der Waals surface area contributed by atoms with Gasteiger partial charge in [0, 0.05) is 50.8 Å². The van der Waals surface area contributed by atoms with Gasteiger partial charge in [-0.3, -0.25) is 39.3 Å². The third kappa shape index (κ3) is 8.61. The van der Waals surface area contributed by atoms with Gasteiger partial charge in [-0.1, -0.05) is 11.6 Å². The third-order valence-corrected chi connectivity index (χ3v) is 11.9. The number of halogens is 1. The van der Waals surface area contributed by atoms with Crippen LogP contribution in [-0.4, -0.2) is 111 Å². The summed E-state index contributed by atoms with van der Waals surface area (Å²) in [6.07, 6.45) is 6.90. The highest BCUT2D eigenvalue weighted by Gasteiger charge is 2.52. The maximum atomic E-state index is 13.6. The van der Waals surface area contributed by atoms with Crippen LogP contribution in [0.25, 0.3) is 0 Å². The number of nitrogens with one attached hydrogen (secondary N) is 2. The van der Waals surface area contributed by atoms with E-state index in [4.69, 9.17) is 28.6 Å². The number of piperidine rings is 1. The summed E-state index contributed by atoms with van der Waals surface area (Å²) in [6.45, 7) is 11.7. The van der Waals surface area contributed by atoms with Crippen molar-refractivity contribution in [1.82, 2.24) is 25.0 Å². The summed E-state index contributed by atoms with van der Waals surface area (Å²) in [6, 6.07) is 11.0. The number of piperazine rings is 1. The van der Waals surface area contributed by atoms with Gasteiger partial charge in [-0.15, -0.1) is 0 Å². The van der Waals surface area contributed by atoms with Gasteiger partial charge in [-0.25, -0.2) is 0 Å². The first kappa shape index (κ1) is 39.7. The third-order valence-electron chi connectivity index (χ3n) is 11.2. The zero-order chi connectivity index (χ0) is 38.7. The molecule has 4 fully saturated rings. The number of rotatable bonds is 11. The first-order valence-corrected chi connectivity index (χ1v) is 19.6. The van der Waals surface area contributed by atoms with Crippen molar-refractivity contribution in [1.29, 1.82) is 5.26 Å². The SMILES string of the molecule is C[C@@H]1CN(CCCO[C@H]2CC[C@H](N3C(=S)N(c4ccc(C#N)c(Cl)c4)C(=O)C3(C)C)CC2)C[C@H](C)N1CC(=O)Nc1ccc(C2CCC(=O)NC2=O)nc1. The van der Waals surface area contributed by atoms with Crippen molar-refractivity contribution in [2.24, 2.45) is 0 Å². The summed E-state index contributed by atoms with van der Waals surface area (Å²) in [5.74, 6) is -1.28. The maximum absolute atomic E-state index is 13.6. The fraction of sp³-hybridized carbons (Fsp3) is 0.564. The van der Waals surface area contributed by atoms with Crippen LogP contribution < -0.4 is 15.5 Å². The van der Waals surface area contributed by atoms with Crippen LogP contribution in [0.1, 0.15) is 89.8 Å². The first-order valence-electron chi connectivity index (χ1n) is 18.8. The number of carbonyl (C=O) groups excluding carboxylic acids is 4. The molecule has 2 N–H and O–H groups in total. The Labute approximate surface area is 327 Å². The smallest absolute Gasteiger partial charge is 0.258 e. The van der Waals surface area contributed by atoms with Gasteiger partial charge in [0.2, 0.25) is 17.7 Å². The minimum atomic E-state index is -0.803. The largest absolute Gasteiger partial charge is 0.378 e. The number of ether oxygens (including phenoxy) is 1. The number of nitrogens with zero attached hydrogens (tertiary/aromatic N) is 6. The molecule has 1 aromatic heterocycles. The van der Waals surface area contributed by atoms with Crippen molar-refractivity contribution in [3.8, 4) is 6.07 Å². The molecule has 15 heteroatoms. The Morgan fingerprint density at radius 3 is 2.44 bits per heavy atom. The van der Waals surface area contributed by atoms with Gasteiger partial charge in [-0.05, 0) is 109 Å². The van der Waals surface area contributed by atoms with Crippen molar-refractivity contribution < 1.29 is 23.9 Å². The summed E-state index contributed by atoms with van der Waals surface area (Å²) >= 11 is 12.2. The van der Waals surface area contributed by atoms with Gasteiger partial charge in [0.05, 0.1) is 52.4 Å². The summed E-state index contributed by atoms with van der Waals surface area (Å²) in [5.41, 5.74) is 1.27. The van der Waals surface area contributed by atoms with Crippen LogP contribution in [0, 0.1) is 11.3 Å². The molecular weight excluding hydrogens is 728 g/mol. The summed E-state index contributed by atoms with van der Waals surface area (Å²) in [4.78, 5) is 62.9. The van der Waals surface area contributed by atoms with Crippen molar-refractivity contribution in [2.75, 3.05) is 43.0 Å². The van der Waals surface area contributed by atoms with Crippen molar-refractivity contribution >= 4 is 63.9 Å². The summed E-state index contributed by atoms with van der Waals surface area (Å²) in [5, 5.41) is 15.3. The normalized spacial score (nSPS) is 26.5. The summed E-state index contributed by atoms with van der Waals surface area (Å²) in [7, 11) is 0. The minimum absolute atomic E-state index is 0.104. The molecule has 4 heterocycles. The first-order chi connectivity index (χ1) is 25.8. The molecular formula is C39H49ClN8O5S. The quantitative estimate of drug-likeness (QED) is 0.187. The Balaban J connectivity index is 0.902. The second-order valence-electron chi connectivity index (χ2n) is 15.4. The van der Waals surface area contributed by atoms with Crippen LogP contribution in [0.2, 0.25) is 5.02 Å². The molecule has 0 bridgehead atoms. The monoisotopic (exact) mass is 776 g/mol. The van der Waals surface area contributed by atoms with Crippen molar-refractivity contribution in [3.63, 3.8) is 0 Å². The van der Waals surface area contributed by atoms with Crippen LogP contribution >= 0.6 is 23.8 Å². The van der Waals surface area contributed by atoms with Crippen LogP contribution in [0.15, 0.2) is 36.5 Å². The molecule has 1 saturated carbocycles. The number of thiocarbonyl (C=S) groups is 1. The van der Waals surface area contributed by atoms with Crippen molar-refractivity contribution in [2.45, 2.75) is 108 Å². The molecule has 0 radical (unpaired) electrons. The second-order valence-corrected chi connectivity index (χ2v) is 16.2. The molecule has 0 spiro atoms. The molecule has 13 nitrogen and oxygen atoms in total. The lowest BCUT2D eigenvalue weighted by Crippen LogP contribution is -2.58. The number of benzene rings is 1. The molecule has 1 aromatic carbocycles. The molecule has 4 aliphatic rings.